The van der Waals surface area contributed by atoms with Gasteiger partial charge in [0.1, 0.15) is 0 Å². The first kappa shape index (κ1) is 85.0. The Bertz CT molecular complexity index is 10200. The van der Waals surface area contributed by atoms with Crippen molar-refractivity contribution in [1.82, 2.24) is 0 Å². The van der Waals surface area contributed by atoms with Gasteiger partial charge in [-0.15, -0.1) is 0 Å². The van der Waals surface area contributed by atoms with Crippen LogP contribution < -0.4 is 0 Å². The van der Waals surface area contributed by atoms with Gasteiger partial charge in [-0.3, -0.25) is 0 Å². The van der Waals surface area contributed by atoms with Crippen LogP contribution in [0.15, 0.2) is 558 Å². The van der Waals surface area contributed by atoms with E-state index >= 15 is 0 Å². The van der Waals surface area contributed by atoms with Crippen LogP contribution in [-0.2, 0) is 0 Å². The van der Waals surface area contributed by atoms with Gasteiger partial charge in [0.05, 0.1) is 0 Å². The maximum absolute atomic E-state index is 2.49. The lowest BCUT2D eigenvalue weighted by atomic mass is 9.80. The van der Waals surface area contributed by atoms with Crippen LogP contribution in [0.3, 0.4) is 0 Å². The van der Waals surface area contributed by atoms with E-state index < -0.39 is 0 Å². The molecule has 0 N–H and O–H groups in total. The molecule has 0 saturated carbocycles. The van der Waals surface area contributed by atoms with E-state index in [0.29, 0.717) is 0 Å². The third-order valence-electron chi connectivity index (χ3n) is 30.8. The lowest BCUT2D eigenvalue weighted by Crippen LogP contribution is -1.95. The maximum Gasteiger partial charge on any atom is -0.00137 e. The Kier molecular flexibility index (Phi) is 20.8. The summed E-state index contributed by atoms with van der Waals surface area (Å²) >= 11 is 0. The van der Waals surface area contributed by atoms with Gasteiger partial charge in [0.25, 0.3) is 0 Å². The molecule has 30 rings (SSSR count). The Hall–Kier alpha value is -19.0. The van der Waals surface area contributed by atoms with Crippen LogP contribution in [0.25, 0.3) is 294 Å². The van der Waals surface area contributed by atoms with Crippen molar-refractivity contribution >= 4 is 183 Å². The molecule has 0 unspecified atom stereocenters. The molecule has 30 aromatic carbocycles. The van der Waals surface area contributed by atoms with Crippen LogP contribution in [0.4, 0.5) is 0 Å². The molecule has 0 fully saturated rings. The number of benzene rings is 30. The minimum Gasteiger partial charge on any atom is -0.0622 e. The van der Waals surface area contributed by atoms with Crippen LogP contribution >= 0.6 is 0 Å². The normalized spacial score (nSPS) is 11.7. The first-order valence-corrected chi connectivity index (χ1v) is 50.7. The molecule has 0 aliphatic heterocycles. The molecule has 0 saturated heterocycles. The van der Waals surface area contributed by atoms with Crippen molar-refractivity contribution in [3.05, 3.63) is 558 Å². The predicted molar refractivity (Wildman–Crippen MR) is 631 cm³/mol. The zero-order chi connectivity index (χ0) is 96.2. The van der Waals surface area contributed by atoms with Gasteiger partial charge in [-0.25, -0.2) is 0 Å². The van der Waals surface area contributed by atoms with Gasteiger partial charge in [-0.05, 0) is 325 Å². The molecule has 0 heterocycles. The summed E-state index contributed by atoms with van der Waals surface area (Å²) in [6.07, 6.45) is 0. The molecule has 0 bridgehead atoms. The van der Waals surface area contributed by atoms with Gasteiger partial charge in [0, 0.05) is 0 Å². The number of rotatable bonds is 10. The van der Waals surface area contributed by atoms with Gasteiger partial charge in [0.2, 0.25) is 0 Å². The Morgan fingerprint density at radius 3 is 0.616 bits per heavy atom. The molecule has 0 amide bonds. The summed E-state index contributed by atoms with van der Waals surface area (Å²) < 4.78 is 0. The van der Waals surface area contributed by atoms with Gasteiger partial charge in [0.15, 0.2) is 0 Å². The largest absolute Gasteiger partial charge is 0.0622 e. The maximum atomic E-state index is 2.49. The highest BCUT2D eigenvalue weighted by molar-refractivity contribution is 6.35. The second-order valence-corrected chi connectivity index (χ2v) is 38.8. The number of hydrogen-bond acceptors (Lipinski definition) is 0. The van der Waals surface area contributed by atoms with Crippen LogP contribution in [0.5, 0.6) is 0 Å². The van der Waals surface area contributed by atoms with Crippen molar-refractivity contribution in [3.8, 4) is 111 Å². The van der Waals surface area contributed by atoms with Gasteiger partial charge in [-0.2, -0.15) is 0 Å². The van der Waals surface area contributed by atoms with Crippen LogP contribution in [-0.4, -0.2) is 0 Å². The molecule has 0 atom stereocenters. The second-order valence-electron chi connectivity index (χ2n) is 38.8. The topological polar surface area (TPSA) is 0 Å². The van der Waals surface area contributed by atoms with Crippen molar-refractivity contribution in [2.45, 2.75) is 0 Å². The molecule has 0 radical (unpaired) electrons. The second kappa shape index (κ2) is 35.7. The lowest BCUT2D eigenvalue weighted by molar-refractivity contribution is 1.63. The smallest absolute Gasteiger partial charge is 0.00137 e. The molecule has 0 nitrogen and oxygen atoms in total. The standard InChI is InChI=1S/C58H36.2C44H28/c1-3-19-40(20-4-1)53-48-28-14-13-27-46(48)52-36-42(32-33-49(52)54(53)41-21-5-2-6-22-41)55-50-34-30-39-18-9-12-26-45(39)57(50)58(47-29-15-23-37-16-7-10-24-43(37)47)51-35-31-38-17-8-11-25-44(38)56(51)55;2*1-3-14-30(15-4-1)43-37-22-12-11-21-36(37)41-28-33(24-26-39(41)44(43)31-16-5-2-6-17-31)42-35-20-10-8-18-32(35)27-40-34-19-9-7-13-29(34)23-25-38(40)42/h1-36H;2*1-28H. The zero-order valence-electron chi connectivity index (χ0n) is 80.1. The summed E-state index contributed by atoms with van der Waals surface area (Å²) in [5.74, 6) is 0. The summed E-state index contributed by atoms with van der Waals surface area (Å²) in [5.41, 5.74) is 25.2. The van der Waals surface area contributed by atoms with Crippen LogP contribution in [0.1, 0.15) is 0 Å². The highest BCUT2D eigenvalue weighted by Gasteiger charge is 2.28. The van der Waals surface area contributed by atoms with Crippen molar-refractivity contribution in [2.24, 2.45) is 0 Å². The molecular weight excluding hydrogens is 1750 g/mol. The molecular formula is C146H92. The van der Waals surface area contributed by atoms with Gasteiger partial charge >= 0.3 is 0 Å². The Labute approximate surface area is 846 Å². The summed E-state index contributed by atoms with van der Waals surface area (Å²) in [6.45, 7) is 0. The van der Waals surface area contributed by atoms with E-state index in [9.17, 15) is 0 Å². The Morgan fingerprint density at radius 1 is 0.0753 bits per heavy atom. The number of fused-ring (bicyclic) bond motifs is 24. The van der Waals surface area contributed by atoms with Crippen LogP contribution in [0, 0.1) is 0 Å². The average Bonchev–Trinajstić information content (AvgIpc) is 0.646. The molecule has 0 spiro atoms. The Morgan fingerprint density at radius 2 is 0.281 bits per heavy atom. The van der Waals surface area contributed by atoms with Gasteiger partial charge < -0.3 is 0 Å². The SMILES string of the molecule is c1ccc(-c2c(-c3ccccc3)c3ccc(-c4c5ccc6ccccc6c5c(-c5cccc6ccccc56)c5ccc6ccccc6c45)cc3c3ccccc23)cc1.c1ccc(-c2c(-c3ccccc3)c3ccc(-c4c5ccccc5cc5c4ccc4ccccc45)cc3c3ccccc23)cc1.c1ccc(-c2c(-c3ccccc3)c3ccc(-c4c5ccccc5cc5c4ccc4ccccc45)cc3c3ccccc23)cc1. The van der Waals surface area contributed by atoms with Crippen molar-refractivity contribution in [2.75, 3.05) is 0 Å². The van der Waals surface area contributed by atoms with Crippen molar-refractivity contribution < 1.29 is 0 Å². The first-order chi connectivity index (χ1) is 72.5. The monoisotopic (exact) mass is 1840 g/mol. The number of hydrogen-bond donors (Lipinski definition) is 0. The zero-order valence-corrected chi connectivity index (χ0v) is 80.1. The summed E-state index contributed by atoms with van der Waals surface area (Å²) in [7, 11) is 0. The third kappa shape index (κ3) is 14.2. The quantitative estimate of drug-likeness (QED) is 0.0946. The summed E-state index contributed by atoms with van der Waals surface area (Å²) in [4.78, 5) is 0. The predicted octanol–water partition coefficient (Wildman–Crippen LogP) is 41.3. The van der Waals surface area contributed by atoms with Gasteiger partial charge in [-0.1, -0.05) is 528 Å². The molecule has 146 heavy (non-hydrogen) atoms. The van der Waals surface area contributed by atoms with Crippen molar-refractivity contribution in [1.29, 1.82) is 0 Å². The minimum atomic E-state index is 1.22. The highest BCUT2D eigenvalue weighted by atomic mass is 14.3. The third-order valence-corrected chi connectivity index (χ3v) is 30.8. The van der Waals surface area contributed by atoms with E-state index in [0.717, 1.165) is 0 Å². The average molecular weight is 1850 g/mol. The molecule has 30 aromatic rings. The Balaban J connectivity index is 0.000000108. The molecule has 0 heteroatoms. The summed E-state index contributed by atoms with van der Waals surface area (Å²) in [5, 5.41) is 43.2. The van der Waals surface area contributed by atoms with E-state index in [1.807, 2.05) is 0 Å². The van der Waals surface area contributed by atoms with E-state index in [1.54, 1.807) is 0 Å². The highest BCUT2D eigenvalue weighted by Crippen LogP contribution is 2.56. The first-order valence-electron chi connectivity index (χ1n) is 50.7. The fraction of sp³-hybridized carbons (Fsp3) is 0. The van der Waals surface area contributed by atoms with Crippen molar-refractivity contribution in [3.63, 3.8) is 0 Å². The van der Waals surface area contributed by atoms with E-state index in [2.05, 4.69) is 558 Å². The molecule has 0 aliphatic carbocycles. The molecule has 676 valence electrons. The van der Waals surface area contributed by atoms with E-state index in [-0.39, 0.29) is 0 Å². The lowest BCUT2D eigenvalue weighted by Gasteiger charge is -2.23. The minimum absolute atomic E-state index is 1.22. The fourth-order valence-corrected chi connectivity index (χ4v) is 24.5. The summed E-state index contributed by atoms with van der Waals surface area (Å²) in [6, 6.07) is 206. The van der Waals surface area contributed by atoms with E-state index in [1.165, 1.54) is 294 Å². The molecule has 0 aliphatic rings. The fourth-order valence-electron chi connectivity index (χ4n) is 24.5. The van der Waals surface area contributed by atoms with Crippen LogP contribution in [0.2, 0.25) is 0 Å². The molecule has 0 aromatic heterocycles. The van der Waals surface area contributed by atoms with E-state index in [4.69, 9.17) is 0 Å².